The van der Waals surface area contributed by atoms with E-state index in [2.05, 4.69) is 49.1 Å². The lowest BCUT2D eigenvalue weighted by atomic mass is 10.1. The number of hydrogen-bond donors (Lipinski definition) is 0. The van der Waals surface area contributed by atoms with Crippen LogP contribution in [0.1, 0.15) is 30.7 Å². The van der Waals surface area contributed by atoms with Crippen LogP contribution in [0.25, 0.3) is 0 Å². The summed E-state index contributed by atoms with van der Waals surface area (Å²) in [7, 11) is 0. The Morgan fingerprint density at radius 2 is 1.95 bits per heavy atom. The highest BCUT2D eigenvalue weighted by molar-refractivity contribution is 6.30. The van der Waals surface area contributed by atoms with E-state index in [0.717, 1.165) is 23.6 Å². The third kappa shape index (κ3) is 3.07. The molecule has 0 aliphatic carbocycles. The average molecular weight is 302 g/mol. The summed E-state index contributed by atoms with van der Waals surface area (Å²) in [4.78, 5) is 2.32. The lowest BCUT2D eigenvalue weighted by Crippen LogP contribution is -2.24. The largest absolute Gasteiger partial charge is 0.349 e. The molecule has 0 bridgehead atoms. The zero-order valence-corrected chi connectivity index (χ0v) is 13.2. The van der Waals surface area contributed by atoms with E-state index in [1.807, 2.05) is 18.2 Å². The minimum atomic E-state index is -0.0589. The first-order chi connectivity index (χ1) is 10.2. The Hall–Kier alpha value is -1.51. The van der Waals surface area contributed by atoms with Gasteiger partial charge in [-0.05, 0) is 37.6 Å². The normalized spacial score (nSPS) is 21.8. The third-order valence-electron chi connectivity index (χ3n) is 3.96. The van der Waals surface area contributed by atoms with E-state index in [1.165, 1.54) is 11.3 Å². The van der Waals surface area contributed by atoms with E-state index in [9.17, 15) is 0 Å². The standard InChI is InChI=1S/C18H20ClNO/c1-3-17-12-20(16-9-7-13(2)8-10-16)18(21-17)14-5-4-6-15(19)11-14/h4-11,17-18H,3,12H2,1-2H3. The number of rotatable bonds is 3. The van der Waals surface area contributed by atoms with E-state index >= 15 is 0 Å². The highest BCUT2D eigenvalue weighted by Gasteiger charge is 2.33. The molecule has 2 atom stereocenters. The quantitative estimate of drug-likeness (QED) is 0.794. The second-order valence-corrected chi connectivity index (χ2v) is 6.00. The van der Waals surface area contributed by atoms with Crippen LogP contribution in [-0.2, 0) is 4.74 Å². The smallest absolute Gasteiger partial charge is 0.157 e. The summed E-state index contributed by atoms with van der Waals surface area (Å²) in [5, 5.41) is 0.750. The fraction of sp³-hybridized carbons (Fsp3) is 0.333. The molecule has 0 spiro atoms. The number of aryl methyl sites for hydroxylation is 1. The Balaban J connectivity index is 1.94. The van der Waals surface area contributed by atoms with Gasteiger partial charge in [-0.15, -0.1) is 0 Å². The highest BCUT2D eigenvalue weighted by atomic mass is 35.5. The van der Waals surface area contributed by atoms with Crippen molar-refractivity contribution in [3.8, 4) is 0 Å². The van der Waals surface area contributed by atoms with Crippen LogP contribution in [0.15, 0.2) is 48.5 Å². The van der Waals surface area contributed by atoms with E-state index in [4.69, 9.17) is 16.3 Å². The monoisotopic (exact) mass is 301 g/mol. The van der Waals surface area contributed by atoms with Crippen molar-refractivity contribution >= 4 is 17.3 Å². The second-order valence-electron chi connectivity index (χ2n) is 5.56. The molecule has 1 fully saturated rings. The molecule has 1 aliphatic heterocycles. The van der Waals surface area contributed by atoms with E-state index < -0.39 is 0 Å². The maximum absolute atomic E-state index is 6.22. The SMILES string of the molecule is CCC1CN(c2ccc(C)cc2)C(c2cccc(Cl)c2)O1. The molecule has 0 saturated carbocycles. The first kappa shape index (κ1) is 14.4. The molecule has 0 radical (unpaired) electrons. The summed E-state index contributed by atoms with van der Waals surface area (Å²) < 4.78 is 6.22. The molecule has 1 aliphatic rings. The molecule has 0 N–H and O–H groups in total. The Morgan fingerprint density at radius 1 is 1.19 bits per heavy atom. The number of nitrogens with zero attached hydrogens (tertiary/aromatic N) is 1. The van der Waals surface area contributed by atoms with Crippen LogP contribution in [0.5, 0.6) is 0 Å². The van der Waals surface area contributed by atoms with Crippen LogP contribution in [0, 0.1) is 6.92 Å². The first-order valence-corrected chi connectivity index (χ1v) is 7.79. The summed E-state index contributed by atoms with van der Waals surface area (Å²) in [5.74, 6) is 0. The molecule has 1 heterocycles. The van der Waals surface area contributed by atoms with Gasteiger partial charge in [0.05, 0.1) is 6.10 Å². The molecular formula is C18H20ClNO. The fourth-order valence-electron chi connectivity index (χ4n) is 2.73. The minimum Gasteiger partial charge on any atom is -0.349 e. The highest BCUT2D eigenvalue weighted by Crippen LogP contribution is 2.36. The zero-order chi connectivity index (χ0) is 14.8. The Morgan fingerprint density at radius 3 is 2.62 bits per heavy atom. The number of anilines is 1. The van der Waals surface area contributed by atoms with E-state index in [-0.39, 0.29) is 12.3 Å². The summed E-state index contributed by atoms with van der Waals surface area (Å²) in [6.07, 6.45) is 1.21. The lowest BCUT2D eigenvalue weighted by Gasteiger charge is -2.25. The molecule has 3 rings (SSSR count). The summed E-state index contributed by atoms with van der Waals surface area (Å²) in [6, 6.07) is 16.6. The van der Waals surface area contributed by atoms with Gasteiger partial charge in [-0.25, -0.2) is 0 Å². The predicted octanol–water partition coefficient (Wildman–Crippen LogP) is 4.96. The fourth-order valence-corrected chi connectivity index (χ4v) is 2.93. The van der Waals surface area contributed by atoms with Crippen molar-refractivity contribution < 1.29 is 4.74 Å². The molecule has 2 nitrogen and oxygen atoms in total. The maximum Gasteiger partial charge on any atom is 0.157 e. The van der Waals surface area contributed by atoms with Gasteiger partial charge < -0.3 is 9.64 Å². The van der Waals surface area contributed by atoms with Crippen LogP contribution < -0.4 is 4.90 Å². The van der Waals surface area contributed by atoms with Crippen molar-refractivity contribution in [3.63, 3.8) is 0 Å². The van der Waals surface area contributed by atoms with Crippen LogP contribution in [0.2, 0.25) is 5.02 Å². The number of halogens is 1. The lowest BCUT2D eigenvalue weighted by molar-refractivity contribution is 0.0463. The Kier molecular flexibility index (Phi) is 4.18. The molecule has 21 heavy (non-hydrogen) atoms. The molecule has 2 aromatic carbocycles. The minimum absolute atomic E-state index is 0.0589. The van der Waals surface area contributed by atoms with Gasteiger partial charge in [0.2, 0.25) is 0 Å². The molecule has 110 valence electrons. The van der Waals surface area contributed by atoms with Crippen molar-refractivity contribution in [2.24, 2.45) is 0 Å². The first-order valence-electron chi connectivity index (χ1n) is 7.41. The molecule has 2 unspecified atom stereocenters. The Bertz CT molecular complexity index is 611. The van der Waals surface area contributed by atoms with Crippen molar-refractivity contribution in [3.05, 3.63) is 64.7 Å². The summed E-state index contributed by atoms with van der Waals surface area (Å²) in [5.41, 5.74) is 3.57. The maximum atomic E-state index is 6.22. The van der Waals surface area contributed by atoms with Crippen LogP contribution in [0.3, 0.4) is 0 Å². The number of hydrogen-bond acceptors (Lipinski definition) is 2. The zero-order valence-electron chi connectivity index (χ0n) is 12.4. The van der Waals surface area contributed by atoms with Gasteiger partial charge in [-0.1, -0.05) is 48.4 Å². The third-order valence-corrected chi connectivity index (χ3v) is 4.19. The molecule has 2 aromatic rings. The van der Waals surface area contributed by atoms with Crippen molar-refractivity contribution in [2.75, 3.05) is 11.4 Å². The predicted molar refractivity (Wildman–Crippen MR) is 87.9 cm³/mol. The van der Waals surface area contributed by atoms with Crippen molar-refractivity contribution in [2.45, 2.75) is 32.6 Å². The summed E-state index contributed by atoms with van der Waals surface area (Å²) >= 11 is 6.13. The second kappa shape index (κ2) is 6.08. The van der Waals surface area contributed by atoms with Gasteiger partial charge in [0, 0.05) is 22.8 Å². The van der Waals surface area contributed by atoms with Gasteiger partial charge in [-0.3, -0.25) is 0 Å². The molecule has 1 saturated heterocycles. The van der Waals surface area contributed by atoms with Gasteiger partial charge in [0.25, 0.3) is 0 Å². The van der Waals surface area contributed by atoms with Gasteiger partial charge in [-0.2, -0.15) is 0 Å². The molecular weight excluding hydrogens is 282 g/mol. The topological polar surface area (TPSA) is 12.5 Å². The average Bonchev–Trinajstić information content (AvgIpc) is 2.92. The molecule has 0 aromatic heterocycles. The molecule has 3 heteroatoms. The van der Waals surface area contributed by atoms with Gasteiger partial charge in [0.15, 0.2) is 6.23 Å². The number of benzene rings is 2. The van der Waals surface area contributed by atoms with E-state index in [1.54, 1.807) is 0 Å². The van der Waals surface area contributed by atoms with Crippen LogP contribution in [-0.4, -0.2) is 12.6 Å². The van der Waals surface area contributed by atoms with E-state index in [0.29, 0.717) is 0 Å². The summed E-state index contributed by atoms with van der Waals surface area (Å²) in [6.45, 7) is 5.18. The van der Waals surface area contributed by atoms with Crippen molar-refractivity contribution in [1.82, 2.24) is 0 Å². The Labute approximate surface area is 131 Å². The van der Waals surface area contributed by atoms with Gasteiger partial charge >= 0.3 is 0 Å². The van der Waals surface area contributed by atoms with Gasteiger partial charge in [0.1, 0.15) is 0 Å². The number of ether oxygens (including phenoxy) is 1. The molecule has 0 amide bonds. The van der Waals surface area contributed by atoms with Crippen molar-refractivity contribution in [1.29, 1.82) is 0 Å². The van der Waals surface area contributed by atoms with Crippen LogP contribution in [0.4, 0.5) is 5.69 Å². The van der Waals surface area contributed by atoms with Crippen LogP contribution >= 0.6 is 11.6 Å².